The molecule has 2 heteroatoms. The Labute approximate surface area is 112 Å². The maximum atomic E-state index is 3.49. The van der Waals surface area contributed by atoms with Crippen LogP contribution in [0.2, 0.25) is 0 Å². The van der Waals surface area contributed by atoms with E-state index in [1.165, 1.54) is 24.0 Å². The first kappa shape index (κ1) is 15.2. The average Bonchev–Trinajstić information content (AvgIpc) is 2.40. The summed E-state index contributed by atoms with van der Waals surface area (Å²) in [7, 11) is 2.21. The molecule has 0 spiro atoms. The number of benzene rings is 1. The molecule has 0 amide bonds. The van der Waals surface area contributed by atoms with Gasteiger partial charge in [0.25, 0.3) is 0 Å². The Morgan fingerprint density at radius 2 is 1.83 bits per heavy atom. The summed E-state index contributed by atoms with van der Waals surface area (Å²) in [6, 6.07) is 9.41. The molecule has 1 N–H and O–H groups in total. The lowest BCUT2D eigenvalue weighted by molar-refractivity contribution is 0.243. The van der Waals surface area contributed by atoms with E-state index in [1.807, 2.05) is 0 Å². The highest BCUT2D eigenvalue weighted by atomic mass is 15.1. The minimum absolute atomic E-state index is 0.640. The van der Waals surface area contributed by atoms with Gasteiger partial charge >= 0.3 is 0 Å². The van der Waals surface area contributed by atoms with E-state index in [9.17, 15) is 0 Å². The molecule has 0 radical (unpaired) electrons. The topological polar surface area (TPSA) is 15.3 Å². The van der Waals surface area contributed by atoms with Crippen LogP contribution in [0.5, 0.6) is 0 Å². The highest BCUT2D eigenvalue weighted by molar-refractivity contribution is 5.27. The zero-order valence-electron chi connectivity index (χ0n) is 12.4. The van der Waals surface area contributed by atoms with E-state index in [-0.39, 0.29) is 0 Å². The van der Waals surface area contributed by atoms with Crippen LogP contribution in [-0.4, -0.2) is 24.5 Å². The lowest BCUT2D eigenvalue weighted by Gasteiger charge is -2.24. The molecule has 2 nitrogen and oxygen atoms in total. The fraction of sp³-hybridized carbons (Fsp3) is 0.625. The van der Waals surface area contributed by atoms with Gasteiger partial charge in [-0.15, -0.1) is 0 Å². The highest BCUT2D eigenvalue weighted by Gasteiger charge is 2.09. The molecule has 0 fully saturated rings. The van der Waals surface area contributed by atoms with E-state index in [2.05, 4.69) is 62.3 Å². The van der Waals surface area contributed by atoms with Crippen LogP contribution in [0.1, 0.15) is 44.7 Å². The fourth-order valence-electron chi connectivity index (χ4n) is 2.02. The summed E-state index contributed by atoms with van der Waals surface area (Å²) < 4.78 is 0. The van der Waals surface area contributed by atoms with Gasteiger partial charge in [-0.3, -0.25) is 4.90 Å². The van der Waals surface area contributed by atoms with Gasteiger partial charge in [0.1, 0.15) is 0 Å². The number of rotatable bonds is 8. The third kappa shape index (κ3) is 4.79. The predicted octanol–water partition coefficient (Wildman–Crippen LogP) is 3.42. The van der Waals surface area contributed by atoms with Crippen molar-refractivity contribution in [3.63, 3.8) is 0 Å². The molecule has 102 valence electrons. The smallest absolute Gasteiger partial charge is 0.0236 e. The second-order valence-corrected chi connectivity index (χ2v) is 5.12. The number of hydrogen-bond acceptors (Lipinski definition) is 2. The van der Waals surface area contributed by atoms with Crippen molar-refractivity contribution in [3.05, 3.63) is 35.4 Å². The summed E-state index contributed by atoms with van der Waals surface area (Å²) in [6.45, 7) is 9.86. The third-order valence-corrected chi connectivity index (χ3v) is 3.62. The van der Waals surface area contributed by atoms with Gasteiger partial charge < -0.3 is 5.32 Å². The zero-order chi connectivity index (χ0) is 13.4. The molecule has 1 aromatic carbocycles. The van der Waals surface area contributed by atoms with Crippen molar-refractivity contribution in [2.75, 3.05) is 13.6 Å². The number of nitrogens with zero attached hydrogens (tertiary/aromatic N) is 1. The third-order valence-electron chi connectivity index (χ3n) is 3.62. The SMILES string of the molecule is CCCNCc1ccccc1CN(C)C(C)CC. The molecule has 1 unspecified atom stereocenters. The Morgan fingerprint density at radius 3 is 2.44 bits per heavy atom. The molecule has 0 heterocycles. The van der Waals surface area contributed by atoms with E-state index in [1.54, 1.807) is 0 Å². The molecular formula is C16H28N2. The van der Waals surface area contributed by atoms with Crippen LogP contribution >= 0.6 is 0 Å². The summed E-state index contributed by atoms with van der Waals surface area (Å²) >= 11 is 0. The van der Waals surface area contributed by atoms with E-state index < -0.39 is 0 Å². The molecule has 0 aromatic heterocycles. The Hall–Kier alpha value is -0.860. The Bertz CT molecular complexity index is 336. The maximum Gasteiger partial charge on any atom is 0.0236 e. The van der Waals surface area contributed by atoms with E-state index in [0.29, 0.717) is 6.04 Å². The largest absolute Gasteiger partial charge is 0.313 e. The molecule has 1 rings (SSSR count). The van der Waals surface area contributed by atoms with Crippen molar-refractivity contribution >= 4 is 0 Å². The minimum Gasteiger partial charge on any atom is -0.313 e. The van der Waals surface area contributed by atoms with Crippen molar-refractivity contribution < 1.29 is 0 Å². The zero-order valence-corrected chi connectivity index (χ0v) is 12.4. The Morgan fingerprint density at radius 1 is 1.17 bits per heavy atom. The molecule has 0 bridgehead atoms. The standard InChI is InChI=1S/C16H28N2/c1-5-11-17-12-15-9-7-8-10-16(15)13-18(4)14(3)6-2/h7-10,14,17H,5-6,11-13H2,1-4H3. The van der Waals surface area contributed by atoms with Gasteiger partial charge in [0.15, 0.2) is 0 Å². The first-order valence-corrected chi connectivity index (χ1v) is 7.16. The predicted molar refractivity (Wildman–Crippen MR) is 79.7 cm³/mol. The Kier molecular flexibility index (Phi) is 6.99. The van der Waals surface area contributed by atoms with Crippen LogP contribution in [0.3, 0.4) is 0 Å². The fourth-order valence-corrected chi connectivity index (χ4v) is 2.02. The lowest BCUT2D eigenvalue weighted by Crippen LogP contribution is -2.28. The average molecular weight is 248 g/mol. The van der Waals surface area contributed by atoms with Gasteiger partial charge in [0, 0.05) is 19.1 Å². The van der Waals surface area contributed by atoms with Gasteiger partial charge in [-0.25, -0.2) is 0 Å². The van der Waals surface area contributed by atoms with Crippen LogP contribution in [0, 0.1) is 0 Å². The summed E-state index contributed by atoms with van der Waals surface area (Å²) in [5.41, 5.74) is 2.88. The van der Waals surface area contributed by atoms with E-state index in [0.717, 1.165) is 19.6 Å². The summed E-state index contributed by atoms with van der Waals surface area (Å²) in [5, 5.41) is 3.49. The molecule has 0 saturated heterocycles. The Balaban J connectivity index is 2.63. The second kappa shape index (κ2) is 8.28. The van der Waals surface area contributed by atoms with Gasteiger partial charge in [0.2, 0.25) is 0 Å². The summed E-state index contributed by atoms with van der Waals surface area (Å²) in [5.74, 6) is 0. The van der Waals surface area contributed by atoms with Crippen molar-refractivity contribution in [1.82, 2.24) is 10.2 Å². The number of nitrogens with one attached hydrogen (secondary N) is 1. The highest BCUT2D eigenvalue weighted by Crippen LogP contribution is 2.13. The second-order valence-electron chi connectivity index (χ2n) is 5.12. The lowest BCUT2D eigenvalue weighted by atomic mass is 10.1. The minimum atomic E-state index is 0.640. The molecule has 18 heavy (non-hydrogen) atoms. The summed E-state index contributed by atoms with van der Waals surface area (Å²) in [4.78, 5) is 2.43. The van der Waals surface area contributed by atoms with Crippen molar-refractivity contribution in [2.24, 2.45) is 0 Å². The quantitative estimate of drug-likeness (QED) is 0.709. The van der Waals surface area contributed by atoms with E-state index >= 15 is 0 Å². The van der Waals surface area contributed by atoms with Gasteiger partial charge in [-0.05, 0) is 44.5 Å². The summed E-state index contributed by atoms with van der Waals surface area (Å²) in [6.07, 6.45) is 2.39. The maximum absolute atomic E-state index is 3.49. The monoisotopic (exact) mass is 248 g/mol. The van der Waals surface area contributed by atoms with Gasteiger partial charge in [0.05, 0.1) is 0 Å². The van der Waals surface area contributed by atoms with Crippen LogP contribution < -0.4 is 5.32 Å². The van der Waals surface area contributed by atoms with Crippen molar-refractivity contribution in [3.8, 4) is 0 Å². The van der Waals surface area contributed by atoms with Crippen LogP contribution in [0.4, 0.5) is 0 Å². The molecule has 0 aliphatic heterocycles. The van der Waals surface area contributed by atoms with E-state index in [4.69, 9.17) is 0 Å². The van der Waals surface area contributed by atoms with Crippen LogP contribution in [-0.2, 0) is 13.1 Å². The van der Waals surface area contributed by atoms with Crippen molar-refractivity contribution in [2.45, 2.75) is 52.7 Å². The molecule has 0 saturated carbocycles. The molecule has 1 atom stereocenters. The van der Waals surface area contributed by atoms with Gasteiger partial charge in [-0.2, -0.15) is 0 Å². The molecule has 1 aromatic rings. The first-order chi connectivity index (χ1) is 8.69. The number of hydrogen-bond donors (Lipinski definition) is 1. The van der Waals surface area contributed by atoms with Crippen molar-refractivity contribution in [1.29, 1.82) is 0 Å². The van der Waals surface area contributed by atoms with Gasteiger partial charge in [-0.1, -0.05) is 38.1 Å². The molecular weight excluding hydrogens is 220 g/mol. The van der Waals surface area contributed by atoms with Crippen LogP contribution in [0.25, 0.3) is 0 Å². The molecule has 0 aliphatic rings. The first-order valence-electron chi connectivity index (χ1n) is 7.16. The normalized spacial score (nSPS) is 12.9. The molecule has 0 aliphatic carbocycles. The van der Waals surface area contributed by atoms with Crippen LogP contribution in [0.15, 0.2) is 24.3 Å².